The normalized spacial score (nSPS) is 12.6. The molecule has 0 fully saturated rings. The highest BCUT2D eigenvalue weighted by Crippen LogP contribution is 2.37. The summed E-state index contributed by atoms with van der Waals surface area (Å²) in [6, 6.07) is 9.38. The van der Waals surface area contributed by atoms with Gasteiger partial charge in [0.2, 0.25) is 0 Å². The molecular formula is C19H15FN4O. The smallest absolute Gasteiger partial charge is 0.280 e. The van der Waals surface area contributed by atoms with Gasteiger partial charge in [-0.3, -0.25) is 4.79 Å². The summed E-state index contributed by atoms with van der Waals surface area (Å²) in [6.45, 7) is 7.30. The van der Waals surface area contributed by atoms with E-state index in [1.165, 1.54) is 12.1 Å². The van der Waals surface area contributed by atoms with Crippen molar-refractivity contribution in [2.75, 3.05) is 0 Å². The standard InChI is InChI=1S/C19H15FN4O/c1-23-17-10-13(20)7-8-15(17)14-4-2-3-11-5-6-12(9-16(11)14)18(25)24-19(21)22/h4-10H,2-3H2,(H4,21,22,24,25). The Morgan fingerprint density at radius 1 is 1.16 bits per heavy atom. The minimum Gasteiger partial charge on any atom is -0.370 e. The molecule has 1 aliphatic rings. The van der Waals surface area contributed by atoms with E-state index in [2.05, 4.69) is 9.84 Å². The van der Waals surface area contributed by atoms with Crippen molar-refractivity contribution in [2.24, 2.45) is 16.5 Å². The second-order valence-electron chi connectivity index (χ2n) is 5.64. The molecule has 3 rings (SSSR count). The number of nitrogens with two attached hydrogens (primary N) is 2. The second kappa shape index (κ2) is 6.57. The van der Waals surface area contributed by atoms with Gasteiger partial charge in [0.25, 0.3) is 5.91 Å². The first-order valence-electron chi connectivity index (χ1n) is 7.64. The number of guanidine groups is 1. The molecule has 0 aromatic heterocycles. The van der Waals surface area contributed by atoms with Crippen molar-refractivity contribution in [1.82, 2.24) is 0 Å². The number of halogens is 1. The van der Waals surface area contributed by atoms with Crippen molar-refractivity contribution in [3.05, 3.63) is 82.0 Å². The van der Waals surface area contributed by atoms with E-state index < -0.39 is 11.7 Å². The number of hydrogen-bond acceptors (Lipinski definition) is 1. The monoisotopic (exact) mass is 334 g/mol. The first kappa shape index (κ1) is 16.4. The fourth-order valence-electron chi connectivity index (χ4n) is 2.92. The zero-order chi connectivity index (χ0) is 18.0. The van der Waals surface area contributed by atoms with Gasteiger partial charge in [-0.2, -0.15) is 4.99 Å². The lowest BCUT2D eigenvalue weighted by atomic mass is 9.85. The first-order chi connectivity index (χ1) is 12.0. The van der Waals surface area contributed by atoms with Crippen molar-refractivity contribution < 1.29 is 9.18 Å². The first-order valence-corrected chi connectivity index (χ1v) is 7.64. The number of aryl methyl sites for hydroxylation is 1. The lowest BCUT2D eigenvalue weighted by Crippen LogP contribution is -2.24. The van der Waals surface area contributed by atoms with Gasteiger partial charge in [0.15, 0.2) is 11.6 Å². The van der Waals surface area contributed by atoms with E-state index in [0.29, 0.717) is 11.1 Å². The van der Waals surface area contributed by atoms with Crippen LogP contribution in [0.1, 0.15) is 33.5 Å². The number of carbonyl (C=O) groups is 1. The molecule has 0 aliphatic heterocycles. The zero-order valence-electron chi connectivity index (χ0n) is 13.3. The summed E-state index contributed by atoms with van der Waals surface area (Å²) >= 11 is 0. The van der Waals surface area contributed by atoms with E-state index in [1.807, 2.05) is 12.1 Å². The van der Waals surface area contributed by atoms with Crippen molar-refractivity contribution in [3.8, 4) is 0 Å². The minimum absolute atomic E-state index is 0.236. The fraction of sp³-hybridized carbons (Fsp3) is 0.105. The van der Waals surface area contributed by atoms with Gasteiger partial charge < -0.3 is 11.5 Å². The zero-order valence-corrected chi connectivity index (χ0v) is 13.3. The Morgan fingerprint density at radius 3 is 2.68 bits per heavy atom. The second-order valence-corrected chi connectivity index (χ2v) is 5.64. The topological polar surface area (TPSA) is 85.8 Å². The van der Waals surface area contributed by atoms with Gasteiger partial charge in [-0.15, -0.1) is 0 Å². The van der Waals surface area contributed by atoms with Crippen LogP contribution >= 0.6 is 0 Å². The molecule has 0 atom stereocenters. The summed E-state index contributed by atoms with van der Waals surface area (Å²) in [5.41, 5.74) is 14.5. The van der Waals surface area contributed by atoms with Gasteiger partial charge in [0, 0.05) is 5.56 Å². The molecule has 25 heavy (non-hydrogen) atoms. The van der Waals surface area contributed by atoms with E-state index in [0.717, 1.165) is 29.5 Å². The van der Waals surface area contributed by atoms with Crippen LogP contribution in [0.2, 0.25) is 0 Å². The lowest BCUT2D eigenvalue weighted by Gasteiger charge is -2.20. The number of allylic oxidation sites excluding steroid dienone is 1. The predicted molar refractivity (Wildman–Crippen MR) is 94.6 cm³/mol. The molecule has 124 valence electrons. The van der Waals surface area contributed by atoms with E-state index in [9.17, 15) is 9.18 Å². The van der Waals surface area contributed by atoms with Crippen LogP contribution in [-0.4, -0.2) is 11.9 Å². The van der Waals surface area contributed by atoms with Gasteiger partial charge in [-0.05, 0) is 59.4 Å². The largest absolute Gasteiger partial charge is 0.370 e. The number of aliphatic imine (C=N–C) groups is 1. The molecule has 2 aromatic carbocycles. The van der Waals surface area contributed by atoms with Crippen molar-refractivity contribution in [3.63, 3.8) is 0 Å². The predicted octanol–water partition coefficient (Wildman–Crippen LogP) is 3.17. The molecule has 0 saturated carbocycles. The summed E-state index contributed by atoms with van der Waals surface area (Å²) in [4.78, 5) is 19.1. The highest BCUT2D eigenvalue weighted by atomic mass is 19.1. The van der Waals surface area contributed by atoms with Crippen LogP contribution in [0.25, 0.3) is 10.4 Å². The molecule has 4 N–H and O–H groups in total. The highest BCUT2D eigenvalue weighted by molar-refractivity contribution is 6.03. The van der Waals surface area contributed by atoms with Gasteiger partial charge in [0.1, 0.15) is 5.82 Å². The van der Waals surface area contributed by atoms with Crippen molar-refractivity contribution in [2.45, 2.75) is 12.8 Å². The number of carbonyl (C=O) groups excluding carboxylic acids is 1. The Hall–Kier alpha value is -3.46. The third kappa shape index (κ3) is 3.26. The third-order valence-electron chi connectivity index (χ3n) is 4.01. The average Bonchev–Trinajstić information content (AvgIpc) is 2.60. The highest BCUT2D eigenvalue weighted by Gasteiger charge is 2.19. The molecule has 0 heterocycles. The number of fused-ring (bicyclic) bond motifs is 1. The quantitative estimate of drug-likeness (QED) is 0.502. The number of benzene rings is 2. The van der Waals surface area contributed by atoms with E-state index in [-0.39, 0.29) is 11.6 Å². The summed E-state index contributed by atoms with van der Waals surface area (Å²) < 4.78 is 13.4. The SMILES string of the molecule is [C-]#[N+]c1cc(F)ccc1C1=CCCc2ccc(C(=O)N=C(N)N)cc21. The number of amides is 1. The summed E-state index contributed by atoms with van der Waals surface area (Å²) in [7, 11) is 0. The van der Waals surface area contributed by atoms with Crippen LogP contribution in [0.15, 0.2) is 47.5 Å². The van der Waals surface area contributed by atoms with E-state index in [1.54, 1.807) is 18.2 Å². The van der Waals surface area contributed by atoms with Crippen molar-refractivity contribution >= 4 is 23.1 Å². The molecule has 0 saturated heterocycles. The van der Waals surface area contributed by atoms with Crippen LogP contribution in [0, 0.1) is 12.4 Å². The number of rotatable bonds is 2. The van der Waals surface area contributed by atoms with Crippen molar-refractivity contribution in [1.29, 1.82) is 0 Å². The summed E-state index contributed by atoms with van der Waals surface area (Å²) in [5.74, 6) is -1.28. The van der Waals surface area contributed by atoms with Crippen LogP contribution in [-0.2, 0) is 6.42 Å². The summed E-state index contributed by atoms with van der Waals surface area (Å²) in [6.07, 6.45) is 3.63. The van der Waals surface area contributed by atoms with E-state index >= 15 is 0 Å². The van der Waals surface area contributed by atoms with Crippen LogP contribution in [0.5, 0.6) is 0 Å². The molecule has 6 heteroatoms. The van der Waals surface area contributed by atoms with Crippen LogP contribution in [0.4, 0.5) is 10.1 Å². The van der Waals surface area contributed by atoms with Crippen LogP contribution in [0.3, 0.4) is 0 Å². The Labute approximate surface area is 144 Å². The third-order valence-corrected chi connectivity index (χ3v) is 4.01. The Balaban J connectivity index is 2.12. The molecule has 0 spiro atoms. The number of nitrogens with zero attached hydrogens (tertiary/aromatic N) is 2. The van der Waals surface area contributed by atoms with Gasteiger partial charge in [-0.25, -0.2) is 9.24 Å². The maximum Gasteiger partial charge on any atom is 0.280 e. The molecule has 2 aromatic rings. The fourth-order valence-corrected chi connectivity index (χ4v) is 2.92. The molecule has 1 aliphatic carbocycles. The molecule has 0 radical (unpaired) electrons. The molecule has 5 nitrogen and oxygen atoms in total. The average molecular weight is 334 g/mol. The summed E-state index contributed by atoms with van der Waals surface area (Å²) in [5, 5.41) is 0. The van der Waals surface area contributed by atoms with Gasteiger partial charge in [0.05, 0.1) is 6.57 Å². The van der Waals surface area contributed by atoms with Gasteiger partial charge in [-0.1, -0.05) is 18.2 Å². The molecular weight excluding hydrogens is 319 g/mol. The molecule has 1 amide bonds. The molecule has 0 bridgehead atoms. The maximum atomic E-state index is 13.4. The Morgan fingerprint density at radius 2 is 1.96 bits per heavy atom. The Bertz CT molecular complexity index is 966. The molecule has 0 unspecified atom stereocenters. The number of hydrogen-bond donors (Lipinski definition) is 2. The lowest BCUT2D eigenvalue weighted by molar-refractivity contribution is 0.100. The minimum atomic E-state index is -0.530. The Kier molecular flexibility index (Phi) is 4.31. The van der Waals surface area contributed by atoms with E-state index in [4.69, 9.17) is 18.0 Å². The maximum absolute atomic E-state index is 13.4. The van der Waals surface area contributed by atoms with Gasteiger partial charge >= 0.3 is 0 Å². The van der Waals surface area contributed by atoms with Crippen LogP contribution < -0.4 is 11.5 Å².